The van der Waals surface area contributed by atoms with Gasteiger partial charge in [-0.25, -0.2) is 22.8 Å². The highest BCUT2D eigenvalue weighted by Gasteiger charge is 2.27. The number of nitrogens with zero attached hydrogens (tertiary/aromatic N) is 3. The van der Waals surface area contributed by atoms with Crippen LogP contribution in [0, 0.1) is 0 Å². The van der Waals surface area contributed by atoms with Gasteiger partial charge in [0.25, 0.3) is 5.91 Å². The first-order chi connectivity index (χ1) is 14.0. The van der Waals surface area contributed by atoms with Crippen LogP contribution in [0.25, 0.3) is 0 Å². The molecule has 1 aliphatic rings. The van der Waals surface area contributed by atoms with Crippen LogP contribution >= 0.6 is 0 Å². The van der Waals surface area contributed by atoms with Crippen molar-refractivity contribution < 1.29 is 13.2 Å². The summed E-state index contributed by atoms with van der Waals surface area (Å²) in [6.45, 7) is 1.02. The topological polar surface area (TPSA) is 106 Å². The molecule has 0 atom stereocenters. The summed E-state index contributed by atoms with van der Waals surface area (Å²) in [5.74, 6) is -0.254. The number of hydrogen-bond acceptors (Lipinski definition) is 5. The first-order valence-electron chi connectivity index (χ1n) is 9.30. The summed E-state index contributed by atoms with van der Waals surface area (Å²) < 4.78 is 28.7. The Labute approximate surface area is 169 Å². The van der Waals surface area contributed by atoms with Crippen LogP contribution < -0.4 is 10.0 Å². The summed E-state index contributed by atoms with van der Waals surface area (Å²) in [7, 11) is -3.51. The van der Waals surface area contributed by atoms with E-state index in [1.165, 1.54) is 30.6 Å². The molecule has 0 bridgehead atoms. The second kappa shape index (κ2) is 8.14. The number of benzene rings is 2. The second-order valence-corrected chi connectivity index (χ2v) is 8.73. The zero-order valence-corrected chi connectivity index (χ0v) is 16.5. The Hall–Kier alpha value is -3.04. The van der Waals surface area contributed by atoms with Crippen molar-refractivity contribution in [2.75, 3.05) is 0 Å². The first-order valence-corrected chi connectivity index (χ1v) is 10.8. The fourth-order valence-electron chi connectivity index (χ4n) is 2.82. The summed E-state index contributed by atoms with van der Waals surface area (Å²) in [5.41, 5.74) is 2.47. The molecule has 4 rings (SSSR count). The van der Waals surface area contributed by atoms with Gasteiger partial charge in [-0.15, -0.1) is 0 Å². The number of aromatic nitrogens is 3. The molecule has 3 aromatic rings. The Bertz CT molecular complexity index is 1070. The largest absolute Gasteiger partial charge is 0.348 e. The van der Waals surface area contributed by atoms with Gasteiger partial charge >= 0.3 is 0 Å². The fourth-order valence-corrected chi connectivity index (χ4v) is 4.13. The maximum absolute atomic E-state index is 12.4. The predicted molar refractivity (Wildman–Crippen MR) is 107 cm³/mol. The standard InChI is InChI=1S/C20H21N5O3S/c26-20(17-5-9-19(10-6-17)29(27,28)24-18-7-8-18)22-11-15-1-3-16(4-2-15)12-25-14-21-13-23-25/h1-6,9-10,13-14,18,24H,7-8,11-12H2,(H,22,26). The maximum Gasteiger partial charge on any atom is 0.251 e. The number of sulfonamides is 1. The third kappa shape index (κ3) is 5.07. The van der Waals surface area contributed by atoms with E-state index < -0.39 is 10.0 Å². The normalized spacial score (nSPS) is 13.9. The van der Waals surface area contributed by atoms with Crippen molar-refractivity contribution >= 4 is 15.9 Å². The van der Waals surface area contributed by atoms with Crippen molar-refractivity contribution in [2.45, 2.75) is 36.9 Å². The van der Waals surface area contributed by atoms with Gasteiger partial charge in [0.15, 0.2) is 0 Å². The van der Waals surface area contributed by atoms with E-state index in [1.54, 1.807) is 11.0 Å². The zero-order chi connectivity index (χ0) is 20.3. The Morgan fingerprint density at radius 1 is 1.03 bits per heavy atom. The lowest BCUT2D eigenvalue weighted by Gasteiger charge is -2.08. The molecular formula is C20H21N5O3S. The Balaban J connectivity index is 1.32. The molecule has 1 fully saturated rings. The lowest BCUT2D eigenvalue weighted by molar-refractivity contribution is 0.0951. The van der Waals surface area contributed by atoms with Gasteiger partial charge in [-0.2, -0.15) is 5.10 Å². The minimum atomic E-state index is -3.51. The number of amides is 1. The van der Waals surface area contributed by atoms with Gasteiger partial charge in [-0.05, 0) is 48.2 Å². The van der Waals surface area contributed by atoms with Crippen LogP contribution in [0.3, 0.4) is 0 Å². The quantitative estimate of drug-likeness (QED) is 0.587. The molecule has 2 aromatic carbocycles. The zero-order valence-electron chi connectivity index (χ0n) is 15.7. The van der Waals surface area contributed by atoms with Crippen LogP contribution in [-0.4, -0.2) is 35.1 Å². The number of hydrogen-bond donors (Lipinski definition) is 2. The third-order valence-corrected chi connectivity index (χ3v) is 6.15. The summed E-state index contributed by atoms with van der Waals surface area (Å²) in [6.07, 6.45) is 4.91. The Morgan fingerprint density at radius 3 is 2.34 bits per heavy atom. The second-order valence-electron chi connectivity index (χ2n) is 7.01. The molecule has 8 nitrogen and oxygen atoms in total. The van der Waals surface area contributed by atoms with Crippen molar-refractivity contribution in [1.82, 2.24) is 24.8 Å². The van der Waals surface area contributed by atoms with Crippen molar-refractivity contribution in [3.8, 4) is 0 Å². The van der Waals surface area contributed by atoms with E-state index in [2.05, 4.69) is 20.1 Å². The van der Waals surface area contributed by atoms with E-state index in [1.807, 2.05) is 24.3 Å². The molecule has 150 valence electrons. The van der Waals surface area contributed by atoms with Gasteiger partial charge in [-0.1, -0.05) is 24.3 Å². The fraction of sp³-hybridized carbons (Fsp3) is 0.250. The van der Waals surface area contributed by atoms with E-state index in [0.717, 1.165) is 24.0 Å². The number of carbonyl (C=O) groups is 1. The third-order valence-electron chi connectivity index (χ3n) is 4.61. The van der Waals surface area contributed by atoms with Crippen LogP contribution in [0.15, 0.2) is 66.1 Å². The van der Waals surface area contributed by atoms with Crippen molar-refractivity contribution in [2.24, 2.45) is 0 Å². The highest BCUT2D eigenvalue weighted by molar-refractivity contribution is 7.89. The lowest BCUT2D eigenvalue weighted by atomic mass is 10.1. The average molecular weight is 411 g/mol. The minimum Gasteiger partial charge on any atom is -0.348 e. The Morgan fingerprint density at radius 2 is 1.72 bits per heavy atom. The highest BCUT2D eigenvalue weighted by Crippen LogP contribution is 2.22. The van der Waals surface area contributed by atoms with Gasteiger partial charge in [-0.3, -0.25) is 4.79 Å². The monoisotopic (exact) mass is 411 g/mol. The molecule has 0 spiro atoms. The molecule has 0 radical (unpaired) electrons. The molecule has 2 N–H and O–H groups in total. The van der Waals surface area contributed by atoms with Crippen LogP contribution in [0.5, 0.6) is 0 Å². The molecule has 0 saturated heterocycles. The average Bonchev–Trinajstić information content (AvgIpc) is 3.38. The molecule has 0 unspecified atom stereocenters. The van der Waals surface area contributed by atoms with Gasteiger partial charge in [0, 0.05) is 18.2 Å². The van der Waals surface area contributed by atoms with E-state index in [-0.39, 0.29) is 16.8 Å². The maximum atomic E-state index is 12.4. The van der Waals surface area contributed by atoms with E-state index >= 15 is 0 Å². The van der Waals surface area contributed by atoms with Crippen molar-refractivity contribution in [3.05, 3.63) is 77.9 Å². The highest BCUT2D eigenvalue weighted by atomic mass is 32.2. The van der Waals surface area contributed by atoms with Gasteiger partial charge in [0.1, 0.15) is 12.7 Å². The smallest absolute Gasteiger partial charge is 0.251 e. The van der Waals surface area contributed by atoms with E-state index in [4.69, 9.17) is 0 Å². The van der Waals surface area contributed by atoms with Gasteiger partial charge < -0.3 is 5.32 Å². The van der Waals surface area contributed by atoms with Crippen LogP contribution in [0.4, 0.5) is 0 Å². The van der Waals surface area contributed by atoms with Crippen molar-refractivity contribution in [3.63, 3.8) is 0 Å². The van der Waals surface area contributed by atoms with E-state index in [9.17, 15) is 13.2 Å². The van der Waals surface area contributed by atoms with Crippen molar-refractivity contribution in [1.29, 1.82) is 0 Å². The summed E-state index contributed by atoms with van der Waals surface area (Å²) in [5, 5.41) is 6.92. The molecule has 0 aliphatic heterocycles. The van der Waals surface area contributed by atoms with Crippen LogP contribution in [0.1, 0.15) is 34.3 Å². The number of rotatable bonds is 8. The summed E-state index contributed by atoms with van der Waals surface area (Å²) >= 11 is 0. The minimum absolute atomic E-state index is 0.0468. The molecule has 1 aliphatic carbocycles. The van der Waals surface area contributed by atoms with E-state index in [0.29, 0.717) is 18.7 Å². The number of nitrogens with one attached hydrogen (secondary N) is 2. The predicted octanol–water partition coefficient (Wildman–Crippen LogP) is 1.70. The van der Waals surface area contributed by atoms with Crippen LogP contribution in [0.2, 0.25) is 0 Å². The Kier molecular flexibility index (Phi) is 5.41. The lowest BCUT2D eigenvalue weighted by Crippen LogP contribution is -2.26. The first kappa shape index (κ1) is 19.3. The van der Waals surface area contributed by atoms with Gasteiger partial charge in [0.2, 0.25) is 10.0 Å². The molecule has 1 amide bonds. The number of carbonyl (C=O) groups excluding carboxylic acids is 1. The SMILES string of the molecule is O=C(NCc1ccc(Cn2cncn2)cc1)c1ccc(S(=O)(=O)NC2CC2)cc1. The molecule has 1 heterocycles. The molecule has 29 heavy (non-hydrogen) atoms. The molecular weight excluding hydrogens is 390 g/mol. The summed E-state index contributed by atoms with van der Waals surface area (Å²) in [4.78, 5) is 16.4. The summed E-state index contributed by atoms with van der Waals surface area (Å²) in [6, 6.07) is 13.9. The molecule has 1 saturated carbocycles. The molecule has 1 aromatic heterocycles. The molecule has 9 heteroatoms. The van der Waals surface area contributed by atoms with Crippen LogP contribution in [-0.2, 0) is 23.1 Å². The van der Waals surface area contributed by atoms with Gasteiger partial charge in [0.05, 0.1) is 11.4 Å².